The first-order valence-electron chi connectivity index (χ1n) is 8.47. The first-order chi connectivity index (χ1) is 10.7. The largest absolute Gasteiger partial charge is 0.339 e. The summed E-state index contributed by atoms with van der Waals surface area (Å²) < 4.78 is 0. The van der Waals surface area contributed by atoms with Gasteiger partial charge in [-0.1, -0.05) is 24.3 Å². The van der Waals surface area contributed by atoms with Crippen molar-refractivity contribution in [3.63, 3.8) is 0 Å². The number of nitrogens with one attached hydrogen (secondary N) is 1. The number of likely N-dealkylation sites (N-methyl/N-ethyl adjacent to an activating group) is 1. The van der Waals surface area contributed by atoms with Crippen molar-refractivity contribution >= 4 is 5.91 Å². The van der Waals surface area contributed by atoms with E-state index in [1.54, 1.807) is 0 Å². The Bertz CT molecular complexity index is 579. The van der Waals surface area contributed by atoms with Gasteiger partial charge in [0.2, 0.25) is 5.91 Å². The highest BCUT2D eigenvalue weighted by Gasteiger charge is 2.57. The number of amides is 1. The summed E-state index contributed by atoms with van der Waals surface area (Å²) in [5, 5.41) is 3.53. The number of benzene rings is 1. The van der Waals surface area contributed by atoms with Crippen LogP contribution >= 0.6 is 0 Å². The number of hydrogen-bond acceptors (Lipinski definition) is 3. The van der Waals surface area contributed by atoms with Gasteiger partial charge in [0.25, 0.3) is 0 Å². The molecule has 3 aliphatic rings. The first-order valence-corrected chi connectivity index (χ1v) is 8.47. The molecule has 0 aromatic heterocycles. The number of carbonyl (C=O) groups is 1. The van der Waals surface area contributed by atoms with Gasteiger partial charge in [0.1, 0.15) is 0 Å². The lowest BCUT2D eigenvalue weighted by Crippen LogP contribution is -2.50. The lowest BCUT2D eigenvalue weighted by atomic mass is 9.97. The number of piperazine rings is 1. The summed E-state index contributed by atoms with van der Waals surface area (Å²) in [6, 6.07) is 9.32. The molecule has 2 atom stereocenters. The van der Waals surface area contributed by atoms with E-state index in [1.165, 1.54) is 30.4 Å². The maximum Gasteiger partial charge on any atom is 0.236 e. The molecule has 2 fully saturated rings. The Hall–Kier alpha value is -1.39. The fourth-order valence-corrected chi connectivity index (χ4v) is 4.24. The standard InChI is InChI=1S/C18H25N3O/c1-20-8-10-21(11-9-20)17(22)13-19-16-12-18(16)7-6-14-4-2-3-5-15(14)18/h2-5,16,19H,6-13H2,1H3/t16-,18-/m1/s1. The SMILES string of the molecule is CN1CCN(C(=O)CN[C@@H]2C[C@@]23CCc2ccccc23)CC1. The summed E-state index contributed by atoms with van der Waals surface area (Å²) in [5.41, 5.74) is 3.37. The fourth-order valence-electron chi connectivity index (χ4n) is 4.24. The molecule has 4 nitrogen and oxygen atoms in total. The van der Waals surface area contributed by atoms with Crippen LogP contribution in [0.1, 0.15) is 24.0 Å². The van der Waals surface area contributed by atoms with Crippen molar-refractivity contribution in [1.29, 1.82) is 0 Å². The summed E-state index contributed by atoms with van der Waals surface area (Å²) >= 11 is 0. The molecule has 0 bridgehead atoms. The third kappa shape index (κ3) is 2.34. The minimum Gasteiger partial charge on any atom is -0.339 e. The number of carbonyl (C=O) groups excluding carboxylic acids is 1. The molecule has 1 aromatic rings. The second-order valence-electron chi connectivity index (χ2n) is 7.13. The van der Waals surface area contributed by atoms with E-state index in [2.05, 4.69) is 41.5 Å². The zero-order valence-electron chi connectivity index (χ0n) is 13.3. The zero-order chi connectivity index (χ0) is 15.2. The first kappa shape index (κ1) is 14.2. The Morgan fingerprint density at radius 2 is 2.05 bits per heavy atom. The summed E-state index contributed by atoms with van der Waals surface area (Å²) in [4.78, 5) is 16.6. The molecule has 2 aliphatic carbocycles. The molecule has 0 unspecified atom stereocenters. The van der Waals surface area contributed by atoms with Crippen LogP contribution in [0.2, 0.25) is 0 Å². The Labute approximate surface area is 132 Å². The number of aryl methyl sites for hydroxylation is 1. The average molecular weight is 299 g/mol. The molecule has 1 N–H and O–H groups in total. The van der Waals surface area contributed by atoms with Gasteiger partial charge in [-0.05, 0) is 37.4 Å². The normalized spacial score (nSPS) is 30.6. The molecule has 4 rings (SSSR count). The van der Waals surface area contributed by atoms with Gasteiger partial charge in [0.15, 0.2) is 0 Å². The van der Waals surface area contributed by atoms with Crippen molar-refractivity contribution in [2.45, 2.75) is 30.7 Å². The predicted octanol–water partition coefficient (Wildman–Crippen LogP) is 1.01. The maximum atomic E-state index is 12.3. The molecule has 0 radical (unpaired) electrons. The summed E-state index contributed by atoms with van der Waals surface area (Å²) in [5.74, 6) is 0.265. The van der Waals surface area contributed by atoms with E-state index >= 15 is 0 Å². The van der Waals surface area contributed by atoms with Gasteiger partial charge in [-0.3, -0.25) is 4.79 Å². The van der Waals surface area contributed by atoms with Crippen LogP contribution in [-0.2, 0) is 16.6 Å². The van der Waals surface area contributed by atoms with Crippen LogP contribution in [0.5, 0.6) is 0 Å². The minimum atomic E-state index is 0.265. The second-order valence-corrected chi connectivity index (χ2v) is 7.13. The Kier molecular flexibility index (Phi) is 3.46. The molecule has 22 heavy (non-hydrogen) atoms. The van der Waals surface area contributed by atoms with Crippen LogP contribution in [0.15, 0.2) is 24.3 Å². The predicted molar refractivity (Wildman–Crippen MR) is 86.9 cm³/mol. The Morgan fingerprint density at radius 3 is 2.86 bits per heavy atom. The number of rotatable bonds is 3. The Balaban J connectivity index is 1.32. The fraction of sp³-hybridized carbons (Fsp3) is 0.611. The molecule has 1 saturated heterocycles. The third-order valence-corrected chi connectivity index (χ3v) is 5.83. The smallest absolute Gasteiger partial charge is 0.236 e. The van der Waals surface area contributed by atoms with Crippen LogP contribution in [0.3, 0.4) is 0 Å². The highest BCUT2D eigenvalue weighted by Crippen LogP contribution is 2.56. The third-order valence-electron chi connectivity index (χ3n) is 5.83. The van der Waals surface area contributed by atoms with Crippen LogP contribution in [0.4, 0.5) is 0 Å². The lowest BCUT2D eigenvalue weighted by Gasteiger charge is -2.32. The van der Waals surface area contributed by atoms with Crippen molar-refractivity contribution in [3.8, 4) is 0 Å². The molecule has 4 heteroatoms. The van der Waals surface area contributed by atoms with E-state index in [0.717, 1.165) is 26.2 Å². The second kappa shape index (κ2) is 5.36. The van der Waals surface area contributed by atoms with E-state index in [9.17, 15) is 4.79 Å². The topological polar surface area (TPSA) is 35.6 Å². The van der Waals surface area contributed by atoms with Crippen molar-refractivity contribution < 1.29 is 4.79 Å². The molecule has 1 aliphatic heterocycles. The maximum absolute atomic E-state index is 12.3. The molecule has 1 heterocycles. The monoisotopic (exact) mass is 299 g/mol. The molecule has 118 valence electrons. The van der Waals surface area contributed by atoms with Crippen LogP contribution in [-0.4, -0.2) is 61.5 Å². The van der Waals surface area contributed by atoms with Crippen molar-refractivity contribution in [2.24, 2.45) is 0 Å². The van der Waals surface area contributed by atoms with Crippen LogP contribution in [0, 0.1) is 0 Å². The zero-order valence-corrected chi connectivity index (χ0v) is 13.3. The molecule has 1 saturated carbocycles. The molecule has 1 spiro atoms. The van der Waals surface area contributed by atoms with Crippen LogP contribution in [0.25, 0.3) is 0 Å². The number of fused-ring (bicyclic) bond motifs is 2. The molecular formula is C18H25N3O. The molecule has 1 aromatic carbocycles. The van der Waals surface area contributed by atoms with Crippen molar-refractivity contribution in [3.05, 3.63) is 35.4 Å². The average Bonchev–Trinajstić information content (AvgIpc) is 3.13. The quantitative estimate of drug-likeness (QED) is 0.905. The minimum absolute atomic E-state index is 0.265. The van der Waals surface area contributed by atoms with Gasteiger partial charge in [-0.25, -0.2) is 0 Å². The van der Waals surface area contributed by atoms with E-state index in [0.29, 0.717) is 18.0 Å². The highest BCUT2D eigenvalue weighted by molar-refractivity contribution is 5.78. The van der Waals surface area contributed by atoms with Crippen LogP contribution < -0.4 is 5.32 Å². The van der Waals surface area contributed by atoms with Gasteiger partial charge in [-0.2, -0.15) is 0 Å². The van der Waals surface area contributed by atoms with E-state index in [1.807, 2.05) is 4.90 Å². The Morgan fingerprint density at radius 1 is 1.27 bits per heavy atom. The summed E-state index contributed by atoms with van der Waals surface area (Å²) in [7, 11) is 2.12. The highest BCUT2D eigenvalue weighted by atomic mass is 16.2. The van der Waals surface area contributed by atoms with Crippen molar-refractivity contribution in [1.82, 2.24) is 15.1 Å². The van der Waals surface area contributed by atoms with Crippen molar-refractivity contribution in [2.75, 3.05) is 39.8 Å². The number of hydrogen-bond donors (Lipinski definition) is 1. The molecule has 1 amide bonds. The summed E-state index contributed by atoms with van der Waals surface area (Å²) in [6.07, 6.45) is 3.63. The van der Waals surface area contributed by atoms with E-state index in [4.69, 9.17) is 0 Å². The summed E-state index contributed by atoms with van der Waals surface area (Å²) in [6.45, 7) is 4.22. The van der Waals surface area contributed by atoms with Gasteiger partial charge < -0.3 is 15.1 Å². The van der Waals surface area contributed by atoms with E-state index < -0.39 is 0 Å². The molecular weight excluding hydrogens is 274 g/mol. The van der Waals surface area contributed by atoms with Gasteiger partial charge >= 0.3 is 0 Å². The van der Waals surface area contributed by atoms with E-state index in [-0.39, 0.29) is 5.91 Å². The lowest BCUT2D eigenvalue weighted by molar-refractivity contribution is -0.131. The van der Waals surface area contributed by atoms with Gasteiger partial charge in [0, 0.05) is 37.6 Å². The van der Waals surface area contributed by atoms with Gasteiger partial charge in [0.05, 0.1) is 6.54 Å². The number of nitrogens with zero attached hydrogens (tertiary/aromatic N) is 2. The van der Waals surface area contributed by atoms with Gasteiger partial charge in [-0.15, -0.1) is 0 Å².